The van der Waals surface area contributed by atoms with Gasteiger partial charge in [0.25, 0.3) is 11.8 Å². The number of rotatable bonds is 7. The molecule has 1 atom stereocenters. The van der Waals surface area contributed by atoms with Crippen molar-refractivity contribution < 1.29 is 24.2 Å². The number of amides is 2. The maximum absolute atomic E-state index is 12.5. The molecule has 0 radical (unpaired) electrons. The first-order valence-corrected chi connectivity index (χ1v) is 9.64. The lowest BCUT2D eigenvalue weighted by molar-refractivity contribution is -0.138. The zero-order chi connectivity index (χ0) is 20.8. The molecule has 7 heteroatoms. The number of hydrogen-bond donors (Lipinski definition) is 3. The lowest BCUT2D eigenvalue weighted by atomic mass is 10.1. The number of nitrogens with one attached hydrogen (secondary N) is 2. The second kappa shape index (κ2) is 9.23. The number of hydrogen-bond acceptors (Lipinski definition) is 4. The molecule has 0 bridgehead atoms. The van der Waals surface area contributed by atoms with Gasteiger partial charge in [0.05, 0.1) is 6.10 Å². The van der Waals surface area contributed by atoms with Gasteiger partial charge in [0.1, 0.15) is 11.8 Å². The highest BCUT2D eigenvalue weighted by Crippen LogP contribution is 2.25. The largest absolute Gasteiger partial charge is 0.490 e. The summed E-state index contributed by atoms with van der Waals surface area (Å²) in [5.41, 5.74) is 1.32. The van der Waals surface area contributed by atoms with Gasteiger partial charge in [0, 0.05) is 16.8 Å². The molecule has 2 aromatic carbocycles. The van der Waals surface area contributed by atoms with E-state index in [1.165, 1.54) is 31.9 Å². The van der Waals surface area contributed by atoms with Crippen LogP contribution in [0.5, 0.6) is 5.75 Å². The summed E-state index contributed by atoms with van der Waals surface area (Å²) in [5, 5.41) is 14.0. The molecule has 0 heterocycles. The Balaban J connectivity index is 1.60. The van der Waals surface area contributed by atoms with Crippen molar-refractivity contribution in [1.82, 2.24) is 5.32 Å². The van der Waals surface area contributed by atoms with E-state index in [1.54, 1.807) is 30.3 Å². The van der Waals surface area contributed by atoms with Gasteiger partial charge in [-0.25, -0.2) is 0 Å². The van der Waals surface area contributed by atoms with Crippen LogP contribution in [-0.4, -0.2) is 35.0 Å². The van der Waals surface area contributed by atoms with Crippen molar-refractivity contribution in [2.24, 2.45) is 0 Å². The van der Waals surface area contributed by atoms with Crippen LogP contribution in [0.1, 0.15) is 53.3 Å². The molecule has 0 saturated heterocycles. The normalized spacial score (nSPS) is 14.8. The summed E-state index contributed by atoms with van der Waals surface area (Å²) in [5.74, 6) is -1.20. The first-order chi connectivity index (χ1) is 13.9. The summed E-state index contributed by atoms with van der Waals surface area (Å²) < 4.78 is 5.94. The Labute approximate surface area is 169 Å². The maximum Gasteiger partial charge on any atom is 0.325 e. The fourth-order valence-corrected chi connectivity index (χ4v) is 3.16. The van der Waals surface area contributed by atoms with E-state index in [2.05, 4.69) is 10.6 Å². The Morgan fingerprint density at radius 1 is 1.00 bits per heavy atom. The van der Waals surface area contributed by atoms with Crippen LogP contribution in [0.25, 0.3) is 0 Å². The molecule has 7 nitrogen and oxygen atoms in total. The maximum atomic E-state index is 12.5. The minimum atomic E-state index is -1.11. The van der Waals surface area contributed by atoms with Crippen LogP contribution in [-0.2, 0) is 4.79 Å². The van der Waals surface area contributed by atoms with Crippen molar-refractivity contribution in [2.45, 2.75) is 44.8 Å². The lowest BCUT2D eigenvalue weighted by Crippen LogP contribution is -2.38. The van der Waals surface area contributed by atoms with Crippen molar-refractivity contribution in [3.63, 3.8) is 0 Å². The van der Waals surface area contributed by atoms with Crippen molar-refractivity contribution in [3.05, 3.63) is 59.7 Å². The average Bonchev–Trinajstić information content (AvgIpc) is 3.21. The molecular formula is C22H24N2O5. The van der Waals surface area contributed by atoms with Gasteiger partial charge in [-0.1, -0.05) is 6.07 Å². The van der Waals surface area contributed by atoms with E-state index in [0.29, 0.717) is 22.6 Å². The molecule has 1 fully saturated rings. The van der Waals surface area contributed by atoms with E-state index in [-0.39, 0.29) is 12.0 Å². The van der Waals surface area contributed by atoms with E-state index < -0.39 is 17.9 Å². The fraction of sp³-hybridized carbons (Fsp3) is 0.318. The summed E-state index contributed by atoms with van der Waals surface area (Å²) in [7, 11) is 0. The summed E-state index contributed by atoms with van der Waals surface area (Å²) in [6.07, 6.45) is 4.65. The Bertz CT molecular complexity index is 888. The Morgan fingerprint density at radius 2 is 1.69 bits per heavy atom. The zero-order valence-corrected chi connectivity index (χ0v) is 16.2. The van der Waals surface area contributed by atoms with Crippen molar-refractivity contribution in [3.8, 4) is 5.75 Å². The Morgan fingerprint density at radius 3 is 2.34 bits per heavy atom. The minimum Gasteiger partial charge on any atom is -0.490 e. The first-order valence-electron chi connectivity index (χ1n) is 9.64. The van der Waals surface area contributed by atoms with Crippen molar-refractivity contribution >= 4 is 23.5 Å². The van der Waals surface area contributed by atoms with Crippen LogP contribution in [0, 0.1) is 0 Å². The van der Waals surface area contributed by atoms with Crippen molar-refractivity contribution in [1.29, 1.82) is 0 Å². The second-order valence-electron chi connectivity index (χ2n) is 7.12. The third kappa shape index (κ3) is 5.57. The molecule has 0 spiro atoms. The van der Waals surface area contributed by atoms with Crippen LogP contribution >= 0.6 is 0 Å². The number of carboxylic acid groups (broad SMARTS) is 1. The highest BCUT2D eigenvalue weighted by molar-refractivity contribution is 6.05. The van der Waals surface area contributed by atoms with Gasteiger partial charge >= 0.3 is 5.97 Å². The van der Waals surface area contributed by atoms with Crippen LogP contribution in [0.2, 0.25) is 0 Å². The van der Waals surface area contributed by atoms with Gasteiger partial charge in [-0.05, 0) is 75.1 Å². The Hall–Kier alpha value is -3.35. The summed E-state index contributed by atoms with van der Waals surface area (Å²) in [4.78, 5) is 35.4. The molecular weight excluding hydrogens is 372 g/mol. The third-order valence-electron chi connectivity index (χ3n) is 4.82. The van der Waals surface area contributed by atoms with E-state index in [4.69, 9.17) is 9.84 Å². The lowest BCUT2D eigenvalue weighted by Gasteiger charge is -2.14. The molecule has 2 amide bonds. The number of ether oxygens (including phenoxy) is 1. The molecule has 1 aliphatic carbocycles. The SMILES string of the molecule is CC(NC(=O)c1ccc(NC(=O)c2cccc(OC3CCCC3)c2)cc1)C(=O)O. The standard InChI is InChI=1S/C22H24N2O5/c1-14(22(27)28)23-20(25)15-9-11-17(12-10-15)24-21(26)16-5-4-8-19(13-16)29-18-6-2-3-7-18/h4-5,8-14,18H,2-3,6-7H2,1H3,(H,23,25)(H,24,26)(H,27,28). The summed E-state index contributed by atoms with van der Waals surface area (Å²) in [6, 6.07) is 12.3. The molecule has 3 rings (SSSR count). The quantitative estimate of drug-likeness (QED) is 0.665. The third-order valence-corrected chi connectivity index (χ3v) is 4.82. The second-order valence-corrected chi connectivity index (χ2v) is 7.12. The first kappa shape index (κ1) is 20.4. The molecule has 2 aromatic rings. The molecule has 3 N–H and O–H groups in total. The molecule has 1 unspecified atom stereocenters. The predicted molar refractivity (Wildman–Crippen MR) is 108 cm³/mol. The van der Waals surface area contributed by atoms with Gasteiger partial charge in [0.2, 0.25) is 0 Å². The van der Waals surface area contributed by atoms with Crippen LogP contribution in [0.4, 0.5) is 5.69 Å². The molecule has 152 valence electrons. The van der Waals surface area contributed by atoms with Gasteiger partial charge in [0.15, 0.2) is 0 Å². The highest BCUT2D eigenvalue weighted by atomic mass is 16.5. The zero-order valence-electron chi connectivity index (χ0n) is 16.2. The fourth-order valence-electron chi connectivity index (χ4n) is 3.16. The van der Waals surface area contributed by atoms with Gasteiger partial charge < -0.3 is 20.5 Å². The van der Waals surface area contributed by atoms with E-state index >= 15 is 0 Å². The molecule has 29 heavy (non-hydrogen) atoms. The minimum absolute atomic E-state index is 0.218. The van der Waals surface area contributed by atoms with Gasteiger partial charge in [-0.15, -0.1) is 0 Å². The Kier molecular flexibility index (Phi) is 6.49. The number of carboxylic acids is 1. The van der Waals surface area contributed by atoms with Crippen LogP contribution in [0.3, 0.4) is 0 Å². The van der Waals surface area contributed by atoms with E-state index in [9.17, 15) is 14.4 Å². The van der Waals surface area contributed by atoms with Gasteiger partial charge in [-0.2, -0.15) is 0 Å². The van der Waals surface area contributed by atoms with E-state index in [1.807, 2.05) is 6.07 Å². The van der Waals surface area contributed by atoms with Crippen molar-refractivity contribution in [2.75, 3.05) is 5.32 Å². The summed E-state index contributed by atoms with van der Waals surface area (Å²) in [6.45, 7) is 1.39. The molecule has 0 aromatic heterocycles. The topological polar surface area (TPSA) is 105 Å². The number of anilines is 1. The summed E-state index contributed by atoms with van der Waals surface area (Å²) >= 11 is 0. The molecule has 1 aliphatic rings. The molecule has 1 saturated carbocycles. The number of benzene rings is 2. The highest BCUT2D eigenvalue weighted by Gasteiger charge is 2.18. The number of carbonyl (C=O) groups excluding carboxylic acids is 2. The number of carbonyl (C=O) groups is 3. The number of aliphatic carboxylic acids is 1. The predicted octanol–water partition coefficient (Wildman–Crippen LogP) is 3.46. The molecule has 0 aliphatic heterocycles. The smallest absolute Gasteiger partial charge is 0.325 e. The van der Waals surface area contributed by atoms with Crippen LogP contribution in [0.15, 0.2) is 48.5 Å². The average molecular weight is 396 g/mol. The van der Waals surface area contributed by atoms with Gasteiger partial charge in [-0.3, -0.25) is 14.4 Å². The van der Waals surface area contributed by atoms with Crippen LogP contribution < -0.4 is 15.4 Å². The monoisotopic (exact) mass is 396 g/mol. The van der Waals surface area contributed by atoms with E-state index in [0.717, 1.165) is 12.8 Å².